The first-order valence-corrected chi connectivity index (χ1v) is 4.62. The Labute approximate surface area is 64.6 Å². The zero-order chi connectivity index (χ0) is 7.98. The van der Waals surface area contributed by atoms with E-state index in [0.717, 1.165) is 24.8 Å². The lowest BCUT2D eigenvalue weighted by Gasteiger charge is -1.96. The highest BCUT2D eigenvalue weighted by atomic mass is 32.2. The molecule has 0 aliphatic heterocycles. The fourth-order valence-corrected chi connectivity index (χ4v) is 1.10. The standard InChI is InChI=1S/C7H14O2S/c1-7(2)5-3-4-6-10(8)9/h1,3-6H2,2H3,(H,8,9). The molecule has 0 saturated carbocycles. The van der Waals surface area contributed by atoms with Crippen molar-refractivity contribution in [1.82, 2.24) is 0 Å². The van der Waals surface area contributed by atoms with Gasteiger partial charge in [0.05, 0.1) is 0 Å². The minimum absolute atomic E-state index is 0.396. The van der Waals surface area contributed by atoms with E-state index in [-0.39, 0.29) is 0 Å². The lowest BCUT2D eigenvalue weighted by molar-refractivity contribution is 0.560. The first kappa shape index (κ1) is 9.85. The van der Waals surface area contributed by atoms with Crippen molar-refractivity contribution < 1.29 is 8.76 Å². The van der Waals surface area contributed by atoms with Crippen molar-refractivity contribution in [2.75, 3.05) is 5.75 Å². The van der Waals surface area contributed by atoms with Gasteiger partial charge in [-0.15, -0.1) is 6.58 Å². The van der Waals surface area contributed by atoms with Gasteiger partial charge in [-0.25, -0.2) is 4.21 Å². The van der Waals surface area contributed by atoms with E-state index < -0.39 is 11.1 Å². The molecule has 0 spiro atoms. The van der Waals surface area contributed by atoms with Crippen LogP contribution in [-0.4, -0.2) is 14.5 Å². The van der Waals surface area contributed by atoms with Crippen LogP contribution >= 0.6 is 0 Å². The van der Waals surface area contributed by atoms with Gasteiger partial charge < -0.3 is 4.55 Å². The van der Waals surface area contributed by atoms with Gasteiger partial charge in [0.1, 0.15) is 0 Å². The molecule has 0 aliphatic rings. The maximum absolute atomic E-state index is 10.1. The Hall–Kier alpha value is -0.150. The quantitative estimate of drug-likeness (QED) is 0.381. The summed E-state index contributed by atoms with van der Waals surface area (Å²) in [6.07, 6.45) is 2.76. The lowest BCUT2D eigenvalue weighted by atomic mass is 10.2. The number of unbranched alkanes of at least 4 members (excludes halogenated alkanes) is 1. The van der Waals surface area contributed by atoms with Crippen LogP contribution in [0, 0.1) is 0 Å². The topological polar surface area (TPSA) is 37.3 Å². The van der Waals surface area contributed by atoms with Crippen LogP contribution < -0.4 is 0 Å². The average molecular weight is 162 g/mol. The maximum Gasteiger partial charge on any atom is 0.152 e. The Morgan fingerprint density at radius 2 is 2.20 bits per heavy atom. The summed E-state index contributed by atoms with van der Waals surface area (Å²) in [6.45, 7) is 5.70. The third kappa shape index (κ3) is 7.85. The molecule has 1 unspecified atom stereocenters. The third-order valence-electron chi connectivity index (χ3n) is 1.17. The van der Waals surface area contributed by atoms with Crippen molar-refractivity contribution >= 4 is 11.1 Å². The van der Waals surface area contributed by atoms with E-state index in [1.165, 1.54) is 0 Å². The van der Waals surface area contributed by atoms with Gasteiger partial charge in [0.25, 0.3) is 0 Å². The van der Waals surface area contributed by atoms with Crippen LogP contribution in [0.25, 0.3) is 0 Å². The molecule has 0 radical (unpaired) electrons. The van der Waals surface area contributed by atoms with Crippen LogP contribution in [0.2, 0.25) is 0 Å². The molecule has 0 amide bonds. The van der Waals surface area contributed by atoms with Gasteiger partial charge >= 0.3 is 0 Å². The van der Waals surface area contributed by atoms with Gasteiger partial charge in [-0.3, -0.25) is 0 Å². The molecular formula is C7H14O2S. The monoisotopic (exact) mass is 162 g/mol. The molecule has 0 heterocycles. The molecule has 0 bridgehead atoms. The predicted molar refractivity (Wildman–Crippen MR) is 44.3 cm³/mol. The number of hydrogen-bond acceptors (Lipinski definition) is 1. The minimum atomic E-state index is -1.61. The van der Waals surface area contributed by atoms with Crippen LogP contribution in [0.5, 0.6) is 0 Å². The molecule has 3 heteroatoms. The first-order valence-electron chi connectivity index (χ1n) is 3.35. The van der Waals surface area contributed by atoms with E-state index in [1.54, 1.807) is 0 Å². The van der Waals surface area contributed by atoms with Crippen molar-refractivity contribution in [3.63, 3.8) is 0 Å². The Morgan fingerprint density at radius 1 is 1.60 bits per heavy atom. The zero-order valence-electron chi connectivity index (χ0n) is 6.30. The number of hydrogen-bond donors (Lipinski definition) is 1. The van der Waals surface area contributed by atoms with Crippen molar-refractivity contribution in [3.8, 4) is 0 Å². The smallest absolute Gasteiger partial charge is 0.152 e. The third-order valence-corrected chi connectivity index (χ3v) is 1.81. The Bertz CT molecular complexity index is 116. The molecule has 10 heavy (non-hydrogen) atoms. The fourth-order valence-electron chi connectivity index (χ4n) is 0.652. The highest BCUT2D eigenvalue weighted by molar-refractivity contribution is 7.79. The predicted octanol–water partition coefficient (Wildman–Crippen LogP) is 1.95. The van der Waals surface area contributed by atoms with Crippen molar-refractivity contribution in [2.45, 2.75) is 26.2 Å². The molecule has 1 N–H and O–H groups in total. The summed E-state index contributed by atoms with van der Waals surface area (Å²) in [5, 5.41) is 0. The number of allylic oxidation sites excluding steroid dienone is 1. The van der Waals surface area contributed by atoms with Gasteiger partial charge in [0, 0.05) is 5.75 Å². The summed E-state index contributed by atoms with van der Waals surface area (Å²) in [5.74, 6) is 0.396. The van der Waals surface area contributed by atoms with Crippen molar-refractivity contribution in [3.05, 3.63) is 12.2 Å². The first-order chi connectivity index (χ1) is 4.63. The highest BCUT2D eigenvalue weighted by Crippen LogP contribution is 2.03. The van der Waals surface area contributed by atoms with Crippen molar-refractivity contribution in [2.24, 2.45) is 0 Å². The van der Waals surface area contributed by atoms with Crippen LogP contribution in [0.3, 0.4) is 0 Å². The van der Waals surface area contributed by atoms with Crippen LogP contribution in [0.1, 0.15) is 26.2 Å². The molecule has 0 aromatic carbocycles. The summed E-state index contributed by atoms with van der Waals surface area (Å²) < 4.78 is 18.5. The van der Waals surface area contributed by atoms with Crippen LogP contribution in [0.15, 0.2) is 12.2 Å². The van der Waals surface area contributed by atoms with E-state index in [2.05, 4.69) is 6.58 Å². The SMILES string of the molecule is C=C(C)CCCCS(=O)O. The summed E-state index contributed by atoms with van der Waals surface area (Å²) >= 11 is -1.61. The zero-order valence-corrected chi connectivity index (χ0v) is 7.12. The average Bonchev–Trinajstić information content (AvgIpc) is 1.79. The Morgan fingerprint density at radius 3 is 2.60 bits per heavy atom. The fraction of sp³-hybridized carbons (Fsp3) is 0.714. The van der Waals surface area contributed by atoms with Gasteiger partial charge in [-0.05, 0) is 26.2 Å². The Balaban J connectivity index is 3.06. The molecule has 1 atom stereocenters. The molecule has 60 valence electrons. The van der Waals surface area contributed by atoms with Gasteiger partial charge in [-0.1, -0.05) is 5.57 Å². The van der Waals surface area contributed by atoms with Gasteiger partial charge in [-0.2, -0.15) is 0 Å². The normalized spacial score (nSPS) is 13.0. The summed E-state index contributed by atoms with van der Waals surface area (Å²) in [5.41, 5.74) is 1.14. The molecule has 2 nitrogen and oxygen atoms in total. The van der Waals surface area contributed by atoms with E-state index in [4.69, 9.17) is 4.55 Å². The van der Waals surface area contributed by atoms with Gasteiger partial charge in [0.15, 0.2) is 11.1 Å². The molecule has 0 aliphatic carbocycles. The van der Waals surface area contributed by atoms with Crippen LogP contribution in [0.4, 0.5) is 0 Å². The second-order valence-corrected chi connectivity index (χ2v) is 3.49. The van der Waals surface area contributed by atoms with E-state index in [0.29, 0.717) is 5.75 Å². The van der Waals surface area contributed by atoms with E-state index in [9.17, 15) is 4.21 Å². The molecule has 0 aromatic heterocycles. The van der Waals surface area contributed by atoms with E-state index in [1.807, 2.05) is 6.92 Å². The number of rotatable bonds is 5. The second-order valence-electron chi connectivity index (χ2n) is 2.44. The lowest BCUT2D eigenvalue weighted by Crippen LogP contribution is -1.94. The summed E-state index contributed by atoms with van der Waals surface area (Å²) in [6, 6.07) is 0. The molecule has 0 fully saturated rings. The minimum Gasteiger partial charge on any atom is -0.306 e. The van der Waals surface area contributed by atoms with Crippen LogP contribution in [-0.2, 0) is 11.1 Å². The van der Waals surface area contributed by atoms with Gasteiger partial charge in [0.2, 0.25) is 0 Å². The van der Waals surface area contributed by atoms with E-state index >= 15 is 0 Å². The highest BCUT2D eigenvalue weighted by Gasteiger charge is 1.93. The molecule has 0 saturated heterocycles. The Kier molecular flexibility index (Phi) is 5.54. The van der Waals surface area contributed by atoms with Crippen molar-refractivity contribution in [1.29, 1.82) is 0 Å². The molecular weight excluding hydrogens is 148 g/mol. The summed E-state index contributed by atoms with van der Waals surface area (Å²) in [7, 11) is 0. The second kappa shape index (κ2) is 5.62. The molecule has 0 rings (SSSR count). The molecule has 0 aromatic rings. The summed E-state index contributed by atoms with van der Waals surface area (Å²) in [4.78, 5) is 0. The largest absolute Gasteiger partial charge is 0.306 e. The maximum atomic E-state index is 10.1.